The largest absolute Gasteiger partial charge is 0.496 e. The van der Waals surface area contributed by atoms with E-state index in [2.05, 4.69) is 43.0 Å². The van der Waals surface area contributed by atoms with Crippen LogP contribution in [-0.4, -0.2) is 13.2 Å². The van der Waals surface area contributed by atoms with Gasteiger partial charge in [-0.05, 0) is 30.7 Å². The number of methoxy groups -OCH3 is 1. The van der Waals surface area contributed by atoms with E-state index in [1.807, 2.05) is 18.2 Å². The van der Waals surface area contributed by atoms with Gasteiger partial charge in [-0.3, -0.25) is 0 Å². The van der Waals surface area contributed by atoms with Crippen molar-refractivity contribution in [3.05, 3.63) is 54.1 Å². The third-order valence-corrected chi connectivity index (χ3v) is 4.01. The monoisotopic (exact) mass is 274 g/mol. The minimum Gasteiger partial charge on any atom is -0.496 e. The zero-order valence-corrected chi connectivity index (χ0v) is 12.2. The molecule has 2 aromatic rings. The molecular formula is C16H20NOS+. The highest BCUT2D eigenvalue weighted by molar-refractivity contribution is 7.99. The fourth-order valence-corrected chi connectivity index (χ4v) is 3.03. The number of rotatable bonds is 5. The molecule has 3 heteroatoms. The van der Waals surface area contributed by atoms with Crippen molar-refractivity contribution in [1.29, 1.82) is 0 Å². The van der Waals surface area contributed by atoms with Crippen molar-refractivity contribution in [3.63, 3.8) is 0 Å². The Hall–Kier alpha value is -1.45. The van der Waals surface area contributed by atoms with Gasteiger partial charge in [0.1, 0.15) is 5.75 Å². The molecule has 0 fully saturated rings. The summed E-state index contributed by atoms with van der Waals surface area (Å²) in [6.07, 6.45) is 0.998. The fraction of sp³-hybridized carbons (Fsp3) is 0.250. The van der Waals surface area contributed by atoms with E-state index in [0.29, 0.717) is 6.04 Å². The Morgan fingerprint density at radius 1 is 1.05 bits per heavy atom. The highest BCUT2D eigenvalue weighted by atomic mass is 32.2. The van der Waals surface area contributed by atoms with Crippen molar-refractivity contribution in [1.82, 2.24) is 0 Å². The minimum atomic E-state index is 0.416. The lowest BCUT2D eigenvalue weighted by atomic mass is 10.1. The molecule has 0 heterocycles. The maximum Gasteiger partial charge on any atom is 0.132 e. The normalized spacial score (nSPS) is 12.2. The van der Waals surface area contributed by atoms with E-state index in [9.17, 15) is 0 Å². The topological polar surface area (TPSA) is 36.9 Å². The Kier molecular flexibility index (Phi) is 4.88. The zero-order chi connectivity index (χ0) is 13.7. The van der Waals surface area contributed by atoms with Crippen molar-refractivity contribution >= 4 is 11.8 Å². The van der Waals surface area contributed by atoms with Crippen molar-refractivity contribution < 1.29 is 10.5 Å². The van der Waals surface area contributed by atoms with Gasteiger partial charge in [-0.1, -0.05) is 42.1 Å². The predicted molar refractivity (Wildman–Crippen MR) is 79.6 cm³/mol. The molecule has 0 bridgehead atoms. The van der Waals surface area contributed by atoms with E-state index >= 15 is 0 Å². The van der Waals surface area contributed by atoms with Crippen molar-refractivity contribution in [2.24, 2.45) is 0 Å². The molecule has 0 amide bonds. The van der Waals surface area contributed by atoms with Gasteiger partial charge in [-0.25, -0.2) is 0 Å². The second kappa shape index (κ2) is 6.64. The van der Waals surface area contributed by atoms with Crippen LogP contribution in [0.1, 0.15) is 12.5 Å². The smallest absolute Gasteiger partial charge is 0.132 e. The first-order valence-corrected chi connectivity index (χ1v) is 7.24. The first-order valence-electron chi connectivity index (χ1n) is 6.42. The molecule has 1 atom stereocenters. The van der Waals surface area contributed by atoms with Crippen LogP contribution in [0.15, 0.2) is 58.3 Å². The highest BCUT2D eigenvalue weighted by Crippen LogP contribution is 2.36. The molecule has 0 aromatic heterocycles. The Bertz CT molecular complexity index is 540. The first kappa shape index (κ1) is 14.0. The summed E-state index contributed by atoms with van der Waals surface area (Å²) in [5.41, 5.74) is 5.43. The molecule has 0 spiro atoms. The van der Waals surface area contributed by atoms with Crippen LogP contribution < -0.4 is 10.5 Å². The second-order valence-electron chi connectivity index (χ2n) is 4.67. The van der Waals surface area contributed by atoms with Gasteiger partial charge in [0.05, 0.1) is 18.0 Å². The number of benzene rings is 2. The van der Waals surface area contributed by atoms with Crippen LogP contribution in [0.3, 0.4) is 0 Å². The molecule has 0 saturated carbocycles. The van der Waals surface area contributed by atoms with Gasteiger partial charge in [-0.15, -0.1) is 0 Å². The molecule has 2 nitrogen and oxygen atoms in total. The van der Waals surface area contributed by atoms with Gasteiger partial charge < -0.3 is 10.5 Å². The average Bonchev–Trinajstić information content (AvgIpc) is 2.41. The molecule has 0 aliphatic heterocycles. The summed E-state index contributed by atoms with van der Waals surface area (Å²) in [5.74, 6) is 0.921. The highest BCUT2D eigenvalue weighted by Gasteiger charge is 2.10. The lowest BCUT2D eigenvalue weighted by molar-refractivity contribution is -0.413. The maximum atomic E-state index is 5.41. The van der Waals surface area contributed by atoms with E-state index < -0.39 is 0 Å². The maximum absolute atomic E-state index is 5.41. The quantitative estimate of drug-likeness (QED) is 0.910. The molecule has 0 saturated heterocycles. The van der Waals surface area contributed by atoms with E-state index in [1.54, 1.807) is 18.9 Å². The van der Waals surface area contributed by atoms with E-state index in [0.717, 1.165) is 17.1 Å². The number of para-hydroxylation sites is 1. The van der Waals surface area contributed by atoms with Crippen LogP contribution in [0, 0.1) is 0 Å². The lowest BCUT2D eigenvalue weighted by Crippen LogP contribution is -2.60. The third kappa shape index (κ3) is 3.75. The standard InChI is InChI=1S/C16H19NOS/c1-12(17)11-13-7-3-5-9-15(13)19-16-10-6-4-8-14(16)18-2/h3-10,12H,11,17H2,1-2H3/p+1/t12-/m0/s1. The first-order chi connectivity index (χ1) is 9.20. The summed E-state index contributed by atoms with van der Waals surface area (Å²) < 4.78 is 5.41. The van der Waals surface area contributed by atoms with E-state index in [-0.39, 0.29) is 0 Å². The van der Waals surface area contributed by atoms with Crippen molar-refractivity contribution in [3.8, 4) is 5.75 Å². The average molecular weight is 274 g/mol. The van der Waals surface area contributed by atoms with Crippen LogP contribution in [0.2, 0.25) is 0 Å². The zero-order valence-electron chi connectivity index (χ0n) is 11.4. The van der Waals surface area contributed by atoms with Crippen LogP contribution in [0.5, 0.6) is 5.75 Å². The molecule has 0 radical (unpaired) electrons. The summed E-state index contributed by atoms with van der Waals surface area (Å²) in [7, 11) is 1.71. The van der Waals surface area contributed by atoms with Gasteiger partial charge in [0.25, 0.3) is 0 Å². The van der Waals surface area contributed by atoms with Crippen molar-refractivity contribution in [2.45, 2.75) is 29.2 Å². The van der Waals surface area contributed by atoms with Crippen LogP contribution >= 0.6 is 11.8 Å². The van der Waals surface area contributed by atoms with Gasteiger partial charge in [-0.2, -0.15) is 0 Å². The van der Waals surface area contributed by atoms with Crippen LogP contribution in [-0.2, 0) is 6.42 Å². The third-order valence-electron chi connectivity index (χ3n) is 2.83. The van der Waals surface area contributed by atoms with Crippen molar-refractivity contribution in [2.75, 3.05) is 7.11 Å². The van der Waals surface area contributed by atoms with E-state index in [4.69, 9.17) is 4.74 Å². The summed E-state index contributed by atoms with van der Waals surface area (Å²) in [4.78, 5) is 2.43. The van der Waals surface area contributed by atoms with Crippen LogP contribution in [0.25, 0.3) is 0 Å². The number of hydrogen-bond donors (Lipinski definition) is 1. The SMILES string of the molecule is COc1ccccc1Sc1ccccc1C[C@H](C)[NH3+]. The summed E-state index contributed by atoms with van der Waals surface area (Å²) >= 11 is 1.75. The number of quaternary nitrogens is 1. The predicted octanol–water partition coefficient (Wildman–Crippen LogP) is 3.02. The Morgan fingerprint density at radius 2 is 1.68 bits per heavy atom. The molecule has 2 rings (SSSR count). The van der Waals surface area contributed by atoms with Gasteiger partial charge in [0.15, 0.2) is 0 Å². The molecule has 0 aliphatic carbocycles. The second-order valence-corrected chi connectivity index (χ2v) is 5.75. The van der Waals surface area contributed by atoms with E-state index in [1.165, 1.54) is 10.5 Å². The molecule has 2 aromatic carbocycles. The molecule has 100 valence electrons. The molecule has 0 aliphatic rings. The Balaban J connectivity index is 2.27. The summed E-state index contributed by atoms with van der Waals surface area (Å²) in [6.45, 7) is 2.14. The molecule has 0 unspecified atom stereocenters. The molecule has 19 heavy (non-hydrogen) atoms. The Morgan fingerprint density at radius 3 is 2.37 bits per heavy atom. The number of ether oxygens (including phenoxy) is 1. The lowest BCUT2D eigenvalue weighted by Gasteiger charge is -2.12. The van der Waals surface area contributed by atoms with Gasteiger partial charge >= 0.3 is 0 Å². The number of hydrogen-bond acceptors (Lipinski definition) is 2. The van der Waals surface area contributed by atoms with Crippen LogP contribution in [0.4, 0.5) is 0 Å². The molecule has 3 N–H and O–H groups in total. The van der Waals surface area contributed by atoms with Gasteiger partial charge in [0.2, 0.25) is 0 Å². The van der Waals surface area contributed by atoms with Gasteiger partial charge in [0, 0.05) is 11.3 Å². The summed E-state index contributed by atoms with van der Waals surface area (Å²) in [5, 5.41) is 0. The minimum absolute atomic E-state index is 0.416. The Labute approximate surface area is 119 Å². The summed E-state index contributed by atoms with van der Waals surface area (Å²) in [6, 6.07) is 17.0. The fourth-order valence-electron chi connectivity index (χ4n) is 1.97. The molecular weight excluding hydrogens is 254 g/mol.